The van der Waals surface area contributed by atoms with Crippen molar-refractivity contribution in [2.45, 2.75) is 12.8 Å². The van der Waals surface area contributed by atoms with Gasteiger partial charge in [0.1, 0.15) is 0 Å². The number of hydrogen-bond acceptors (Lipinski definition) is 6. The number of anilines is 1. The molecule has 6 nitrogen and oxygen atoms in total. The van der Waals surface area contributed by atoms with E-state index in [1.54, 1.807) is 0 Å². The van der Waals surface area contributed by atoms with Gasteiger partial charge in [-0.25, -0.2) is 0 Å². The van der Waals surface area contributed by atoms with E-state index >= 15 is 0 Å². The van der Waals surface area contributed by atoms with Crippen LogP contribution >= 0.6 is 11.6 Å². The second kappa shape index (κ2) is 6.51. The Hall–Kier alpha value is -1.40. The second-order valence-corrected chi connectivity index (χ2v) is 4.25. The van der Waals surface area contributed by atoms with E-state index in [2.05, 4.69) is 31.7 Å². The number of rotatable bonds is 5. The number of nitrogens with zero attached hydrogens (tertiary/aromatic N) is 3. The molecular weight excluding hydrogens is 254 g/mol. The maximum absolute atomic E-state index is 5.75. The van der Waals surface area contributed by atoms with Gasteiger partial charge < -0.3 is 15.4 Å². The molecular formula is C11H16ClN5O. The van der Waals surface area contributed by atoms with Crippen LogP contribution in [0, 0.1) is 0 Å². The van der Waals surface area contributed by atoms with Gasteiger partial charge in [-0.15, -0.1) is 0 Å². The Kier molecular flexibility index (Phi) is 4.72. The number of nitrogens with one attached hydrogen (secondary N) is 2. The first kappa shape index (κ1) is 13.0. The number of hydrogen-bond donors (Lipinski definition) is 2. The molecule has 0 aliphatic carbocycles. The Morgan fingerprint density at radius 2 is 2.33 bits per heavy atom. The first-order valence-corrected chi connectivity index (χ1v) is 6.24. The van der Waals surface area contributed by atoms with Crippen LogP contribution in [-0.4, -0.2) is 41.7 Å². The van der Waals surface area contributed by atoms with Crippen molar-refractivity contribution >= 4 is 17.5 Å². The summed E-state index contributed by atoms with van der Waals surface area (Å²) in [6, 6.07) is 0.221. The molecule has 0 saturated carbocycles. The van der Waals surface area contributed by atoms with Crippen LogP contribution in [0.25, 0.3) is 0 Å². The van der Waals surface area contributed by atoms with Gasteiger partial charge in [0.15, 0.2) is 0 Å². The van der Waals surface area contributed by atoms with Gasteiger partial charge in [0.2, 0.25) is 11.2 Å². The lowest BCUT2D eigenvalue weighted by atomic mass is 10.1. The molecule has 0 unspecified atom stereocenters. The average molecular weight is 270 g/mol. The van der Waals surface area contributed by atoms with Crippen molar-refractivity contribution in [2.24, 2.45) is 0 Å². The van der Waals surface area contributed by atoms with Crippen molar-refractivity contribution in [3.05, 3.63) is 16.9 Å². The van der Waals surface area contributed by atoms with Crippen molar-refractivity contribution in [1.29, 1.82) is 0 Å². The molecule has 2 N–H and O–H groups in total. The van der Waals surface area contributed by atoms with Crippen molar-refractivity contribution in [2.75, 3.05) is 32.1 Å². The molecule has 0 saturated heterocycles. The number of aromatic nitrogens is 3. The van der Waals surface area contributed by atoms with Crippen LogP contribution in [0.3, 0.4) is 0 Å². The molecule has 2 heterocycles. The zero-order valence-electron chi connectivity index (χ0n) is 10.2. The molecule has 1 aromatic heterocycles. The quantitative estimate of drug-likeness (QED) is 0.784. The first-order chi connectivity index (χ1) is 8.78. The standard InChI is InChI=1S/C11H16ClN5O/c1-18-11-16-9(12)15-10(17-11)14-7-4-8-2-5-13-6-3-8/h2,13H,3-7H2,1H3,(H,14,15,16,17). The van der Waals surface area contributed by atoms with Gasteiger partial charge in [0.25, 0.3) is 0 Å². The molecule has 0 fully saturated rings. The molecule has 1 aliphatic rings. The Morgan fingerprint density at radius 3 is 3.06 bits per heavy atom. The fourth-order valence-corrected chi connectivity index (χ4v) is 1.89. The molecule has 2 rings (SSSR count). The van der Waals surface area contributed by atoms with E-state index in [1.165, 1.54) is 12.7 Å². The van der Waals surface area contributed by atoms with Gasteiger partial charge in [-0.3, -0.25) is 0 Å². The highest BCUT2D eigenvalue weighted by Crippen LogP contribution is 2.12. The van der Waals surface area contributed by atoms with Crippen LogP contribution in [-0.2, 0) is 0 Å². The SMILES string of the molecule is COc1nc(Cl)nc(NCCC2=CCNCC2)n1. The molecule has 18 heavy (non-hydrogen) atoms. The van der Waals surface area contributed by atoms with Crippen LogP contribution in [0.4, 0.5) is 5.95 Å². The maximum Gasteiger partial charge on any atom is 0.322 e. The highest BCUT2D eigenvalue weighted by molar-refractivity contribution is 6.28. The van der Waals surface area contributed by atoms with E-state index in [0.29, 0.717) is 5.95 Å². The zero-order chi connectivity index (χ0) is 12.8. The molecule has 0 bridgehead atoms. The summed E-state index contributed by atoms with van der Waals surface area (Å²) in [6.45, 7) is 2.79. The summed E-state index contributed by atoms with van der Waals surface area (Å²) in [6.07, 6.45) is 4.31. The largest absolute Gasteiger partial charge is 0.467 e. The normalized spacial score (nSPS) is 15.1. The van der Waals surface area contributed by atoms with Crippen molar-refractivity contribution in [3.63, 3.8) is 0 Å². The molecule has 0 radical (unpaired) electrons. The molecule has 1 aliphatic heterocycles. The van der Waals surface area contributed by atoms with Gasteiger partial charge in [-0.2, -0.15) is 15.0 Å². The second-order valence-electron chi connectivity index (χ2n) is 3.91. The van der Waals surface area contributed by atoms with E-state index < -0.39 is 0 Å². The van der Waals surface area contributed by atoms with Crippen LogP contribution in [0.2, 0.25) is 5.28 Å². The molecule has 7 heteroatoms. The summed E-state index contributed by atoms with van der Waals surface area (Å²) >= 11 is 5.75. The third kappa shape index (κ3) is 3.82. The third-order valence-corrected chi connectivity index (χ3v) is 2.83. The van der Waals surface area contributed by atoms with E-state index in [0.717, 1.165) is 32.5 Å². The Labute approximate surface area is 111 Å². The van der Waals surface area contributed by atoms with E-state index in [9.17, 15) is 0 Å². The van der Waals surface area contributed by atoms with Crippen LogP contribution in [0.1, 0.15) is 12.8 Å². The molecule has 1 aromatic rings. The minimum atomic E-state index is 0.130. The first-order valence-electron chi connectivity index (χ1n) is 5.86. The van der Waals surface area contributed by atoms with Gasteiger partial charge in [-0.05, 0) is 31.0 Å². The molecule has 0 atom stereocenters. The molecule has 0 amide bonds. The summed E-state index contributed by atoms with van der Waals surface area (Å²) in [7, 11) is 1.50. The Morgan fingerprint density at radius 1 is 1.44 bits per heavy atom. The van der Waals surface area contributed by atoms with E-state index in [1.807, 2.05) is 0 Å². The lowest BCUT2D eigenvalue weighted by Crippen LogP contribution is -2.21. The monoisotopic (exact) mass is 269 g/mol. The predicted octanol–water partition coefficient (Wildman–Crippen LogP) is 1.26. The Bertz CT molecular complexity index is 437. The summed E-state index contributed by atoms with van der Waals surface area (Å²) in [5.41, 5.74) is 1.45. The number of halogens is 1. The number of methoxy groups -OCH3 is 1. The zero-order valence-corrected chi connectivity index (χ0v) is 11.0. The average Bonchev–Trinajstić information content (AvgIpc) is 2.39. The van der Waals surface area contributed by atoms with Gasteiger partial charge in [0, 0.05) is 13.1 Å². The summed E-state index contributed by atoms with van der Waals surface area (Å²) in [5, 5.41) is 6.53. The minimum Gasteiger partial charge on any atom is -0.467 e. The highest BCUT2D eigenvalue weighted by Gasteiger charge is 2.06. The molecule has 98 valence electrons. The van der Waals surface area contributed by atoms with Gasteiger partial charge >= 0.3 is 6.01 Å². The summed E-state index contributed by atoms with van der Waals surface area (Å²) in [4.78, 5) is 11.9. The topological polar surface area (TPSA) is 72.0 Å². The van der Waals surface area contributed by atoms with Crippen molar-refractivity contribution < 1.29 is 4.74 Å². The van der Waals surface area contributed by atoms with Crippen molar-refractivity contribution in [3.8, 4) is 6.01 Å². The van der Waals surface area contributed by atoms with Crippen LogP contribution in [0.5, 0.6) is 6.01 Å². The predicted molar refractivity (Wildman–Crippen MR) is 70.1 cm³/mol. The summed E-state index contributed by atoms with van der Waals surface area (Å²) in [5.74, 6) is 0.446. The lowest BCUT2D eigenvalue weighted by molar-refractivity contribution is 0.379. The fourth-order valence-electron chi connectivity index (χ4n) is 1.73. The third-order valence-electron chi connectivity index (χ3n) is 2.66. The van der Waals surface area contributed by atoms with E-state index in [-0.39, 0.29) is 11.3 Å². The van der Waals surface area contributed by atoms with Crippen LogP contribution < -0.4 is 15.4 Å². The van der Waals surface area contributed by atoms with Gasteiger partial charge in [0.05, 0.1) is 7.11 Å². The number of ether oxygens (including phenoxy) is 1. The smallest absolute Gasteiger partial charge is 0.322 e. The van der Waals surface area contributed by atoms with Gasteiger partial charge in [-0.1, -0.05) is 11.6 Å². The fraction of sp³-hybridized carbons (Fsp3) is 0.545. The van der Waals surface area contributed by atoms with Crippen molar-refractivity contribution in [1.82, 2.24) is 20.3 Å². The maximum atomic E-state index is 5.75. The van der Waals surface area contributed by atoms with Crippen LogP contribution in [0.15, 0.2) is 11.6 Å². The Balaban J connectivity index is 1.86. The minimum absolute atomic E-state index is 0.130. The van der Waals surface area contributed by atoms with E-state index in [4.69, 9.17) is 16.3 Å². The molecule has 0 aromatic carbocycles. The highest BCUT2D eigenvalue weighted by atomic mass is 35.5. The molecule has 0 spiro atoms. The lowest BCUT2D eigenvalue weighted by Gasteiger charge is -2.14. The summed E-state index contributed by atoms with van der Waals surface area (Å²) < 4.78 is 4.93.